The summed E-state index contributed by atoms with van der Waals surface area (Å²) in [5, 5.41) is 9.22. The first-order chi connectivity index (χ1) is 22.3. The van der Waals surface area contributed by atoms with Crippen LogP contribution in [0.25, 0.3) is 76.8 Å². The van der Waals surface area contributed by atoms with Gasteiger partial charge < -0.3 is 13.7 Å². The van der Waals surface area contributed by atoms with Gasteiger partial charge in [0.15, 0.2) is 5.58 Å². The number of para-hydroxylation sites is 1. The van der Waals surface area contributed by atoms with E-state index >= 15 is 0 Å². The molecule has 0 bridgehead atoms. The van der Waals surface area contributed by atoms with Crippen LogP contribution in [-0.2, 0) is 0 Å². The maximum atomic E-state index is 6.53. The summed E-state index contributed by atoms with van der Waals surface area (Å²) >= 11 is 0. The van der Waals surface area contributed by atoms with Gasteiger partial charge in [-0.25, -0.2) is 4.98 Å². The fourth-order valence-electron chi connectivity index (χ4n) is 6.97. The molecule has 45 heavy (non-hydrogen) atoms. The summed E-state index contributed by atoms with van der Waals surface area (Å²) in [7, 11) is 0. The number of hydrogen-bond acceptors (Lipinski definition) is 4. The quantitative estimate of drug-likeness (QED) is 0.195. The number of aromatic nitrogens is 1. The number of furan rings is 1. The van der Waals surface area contributed by atoms with Crippen molar-refractivity contribution in [2.24, 2.45) is 0 Å². The number of rotatable bonds is 4. The van der Waals surface area contributed by atoms with Crippen LogP contribution < -0.4 is 4.90 Å². The molecule has 2 aromatic heterocycles. The normalized spacial score (nSPS) is 12.0. The molecule has 0 spiro atoms. The van der Waals surface area contributed by atoms with Gasteiger partial charge in [0, 0.05) is 44.2 Å². The van der Waals surface area contributed by atoms with Gasteiger partial charge in [-0.3, -0.25) is 0 Å². The molecule has 4 nitrogen and oxygen atoms in total. The van der Waals surface area contributed by atoms with Gasteiger partial charge in [0.05, 0.1) is 0 Å². The molecule has 8 aromatic carbocycles. The molecule has 0 atom stereocenters. The minimum Gasteiger partial charge on any atom is -0.456 e. The Morgan fingerprint density at radius 1 is 0.444 bits per heavy atom. The van der Waals surface area contributed by atoms with Crippen LogP contribution in [0.3, 0.4) is 0 Å². The largest absolute Gasteiger partial charge is 0.456 e. The molecule has 0 unspecified atom stereocenters. The number of fused-ring (bicyclic) bond motifs is 6. The van der Waals surface area contributed by atoms with Gasteiger partial charge in [0.25, 0.3) is 0 Å². The van der Waals surface area contributed by atoms with E-state index in [4.69, 9.17) is 13.8 Å². The van der Waals surface area contributed by atoms with E-state index in [9.17, 15) is 0 Å². The molecule has 10 aromatic rings. The molecule has 0 N–H and O–H groups in total. The summed E-state index contributed by atoms with van der Waals surface area (Å²) in [4.78, 5) is 7.34. The molecule has 210 valence electrons. The van der Waals surface area contributed by atoms with E-state index in [1.807, 2.05) is 24.3 Å². The zero-order chi connectivity index (χ0) is 29.5. The summed E-state index contributed by atoms with van der Waals surface area (Å²) in [6, 6.07) is 50.9. The second-order valence-corrected chi connectivity index (χ2v) is 11.6. The molecule has 0 aliphatic heterocycles. The van der Waals surface area contributed by atoms with Crippen LogP contribution >= 0.6 is 0 Å². The molecule has 2 heterocycles. The monoisotopic (exact) mass is 576 g/mol. The maximum Gasteiger partial charge on any atom is 0.227 e. The zero-order valence-corrected chi connectivity index (χ0v) is 24.1. The highest BCUT2D eigenvalue weighted by Crippen LogP contribution is 2.44. The lowest BCUT2D eigenvalue weighted by Crippen LogP contribution is -2.09. The second kappa shape index (κ2) is 9.18. The fourth-order valence-corrected chi connectivity index (χ4v) is 6.97. The lowest BCUT2D eigenvalue weighted by atomic mass is 10.0. The van der Waals surface area contributed by atoms with Crippen molar-refractivity contribution >= 4 is 82.4 Å². The molecule has 0 amide bonds. The van der Waals surface area contributed by atoms with E-state index < -0.39 is 0 Å². The number of hydrogen-bond donors (Lipinski definition) is 0. The molecule has 0 radical (unpaired) electrons. The Kier molecular flexibility index (Phi) is 4.96. The van der Waals surface area contributed by atoms with Crippen molar-refractivity contribution in [1.82, 2.24) is 4.98 Å². The van der Waals surface area contributed by atoms with Crippen molar-refractivity contribution in [2.75, 3.05) is 4.90 Å². The Morgan fingerprint density at radius 2 is 1.07 bits per heavy atom. The van der Waals surface area contributed by atoms with Crippen molar-refractivity contribution in [3.63, 3.8) is 0 Å². The van der Waals surface area contributed by atoms with E-state index in [1.54, 1.807) is 0 Å². The van der Waals surface area contributed by atoms with Crippen molar-refractivity contribution < 1.29 is 8.83 Å². The van der Waals surface area contributed by atoms with Crippen LogP contribution in [0.4, 0.5) is 17.1 Å². The first-order valence-electron chi connectivity index (χ1n) is 15.1. The highest BCUT2D eigenvalue weighted by Gasteiger charge is 2.21. The third-order valence-electron chi connectivity index (χ3n) is 9.02. The van der Waals surface area contributed by atoms with Crippen LogP contribution in [0.1, 0.15) is 0 Å². The van der Waals surface area contributed by atoms with Crippen LogP contribution in [-0.4, -0.2) is 4.98 Å². The van der Waals surface area contributed by atoms with E-state index in [-0.39, 0.29) is 0 Å². The molecule has 0 aliphatic rings. The zero-order valence-electron chi connectivity index (χ0n) is 24.1. The number of nitrogens with zero attached hydrogens (tertiary/aromatic N) is 2. The second-order valence-electron chi connectivity index (χ2n) is 11.6. The van der Waals surface area contributed by atoms with Crippen LogP contribution in [0.5, 0.6) is 0 Å². The molecule has 0 saturated heterocycles. The molecule has 0 aliphatic carbocycles. The summed E-state index contributed by atoms with van der Waals surface area (Å²) in [5.74, 6) is 0.603. The number of oxazole rings is 1. The van der Waals surface area contributed by atoms with Crippen molar-refractivity contribution in [1.29, 1.82) is 0 Å². The highest BCUT2D eigenvalue weighted by molar-refractivity contribution is 6.31. The molecule has 10 rings (SSSR count). The summed E-state index contributed by atoms with van der Waals surface area (Å²) < 4.78 is 12.7. The minimum atomic E-state index is 0.603. The SMILES string of the molecule is c1ccc(N(c2ccc(-c3nc4c5cccc6oc7cccc(c4o3)c7c65)cc2)c2ccc3ccc4ccccc4c3c2)cc1. The van der Waals surface area contributed by atoms with Gasteiger partial charge >= 0.3 is 0 Å². The predicted octanol–water partition coefficient (Wildman–Crippen LogP) is 11.8. The number of benzene rings is 8. The van der Waals surface area contributed by atoms with E-state index in [0.717, 1.165) is 66.4 Å². The Bertz CT molecular complexity index is 2620. The first-order valence-corrected chi connectivity index (χ1v) is 15.1. The third-order valence-corrected chi connectivity index (χ3v) is 9.02. The van der Waals surface area contributed by atoms with Gasteiger partial charge in [0.2, 0.25) is 5.89 Å². The highest BCUT2D eigenvalue weighted by atomic mass is 16.3. The molecule has 0 saturated carbocycles. The van der Waals surface area contributed by atoms with Gasteiger partial charge in [-0.05, 0) is 82.2 Å². The van der Waals surface area contributed by atoms with Crippen molar-refractivity contribution in [3.05, 3.63) is 146 Å². The third kappa shape index (κ3) is 3.57. The molecule has 4 heteroatoms. The molecule has 0 fully saturated rings. The van der Waals surface area contributed by atoms with E-state index in [1.165, 1.54) is 21.5 Å². The summed E-state index contributed by atoms with van der Waals surface area (Å²) in [6.45, 7) is 0. The van der Waals surface area contributed by atoms with E-state index in [2.05, 4.69) is 126 Å². The van der Waals surface area contributed by atoms with Gasteiger partial charge in [0.1, 0.15) is 16.7 Å². The van der Waals surface area contributed by atoms with Crippen LogP contribution in [0.2, 0.25) is 0 Å². The Balaban J connectivity index is 1.12. The average molecular weight is 577 g/mol. The Labute approximate surface area is 257 Å². The van der Waals surface area contributed by atoms with Gasteiger partial charge in [-0.1, -0.05) is 84.9 Å². The molecular weight excluding hydrogens is 552 g/mol. The average Bonchev–Trinajstić information content (AvgIpc) is 3.72. The summed E-state index contributed by atoms with van der Waals surface area (Å²) in [5.41, 5.74) is 7.55. The first kappa shape index (κ1) is 24.3. The summed E-state index contributed by atoms with van der Waals surface area (Å²) in [6.07, 6.45) is 0. The van der Waals surface area contributed by atoms with Crippen LogP contribution in [0, 0.1) is 0 Å². The number of anilines is 3. The Morgan fingerprint density at radius 3 is 1.89 bits per heavy atom. The smallest absolute Gasteiger partial charge is 0.227 e. The Hall–Kier alpha value is -6.13. The lowest BCUT2D eigenvalue weighted by Gasteiger charge is -2.26. The topological polar surface area (TPSA) is 42.4 Å². The van der Waals surface area contributed by atoms with Crippen molar-refractivity contribution in [3.8, 4) is 11.5 Å². The molecular formula is C41H24N2O2. The van der Waals surface area contributed by atoms with Gasteiger partial charge in [-0.2, -0.15) is 0 Å². The fraction of sp³-hybridized carbons (Fsp3) is 0. The van der Waals surface area contributed by atoms with E-state index in [0.29, 0.717) is 5.89 Å². The maximum absolute atomic E-state index is 6.53. The minimum absolute atomic E-state index is 0.603. The van der Waals surface area contributed by atoms with Crippen molar-refractivity contribution in [2.45, 2.75) is 0 Å². The van der Waals surface area contributed by atoms with Gasteiger partial charge in [-0.15, -0.1) is 0 Å². The van der Waals surface area contributed by atoms with Crippen LogP contribution in [0.15, 0.2) is 154 Å². The predicted molar refractivity (Wildman–Crippen MR) is 185 cm³/mol. The lowest BCUT2D eigenvalue weighted by molar-refractivity contribution is 0.623. The standard InChI is InChI=1S/C41H24N2O2/c1-2-9-28(10-3-1)43(30-23-18-26-17-16-25-8-4-5-11-31(25)34(26)24-30)29-21-19-27(20-22-29)41-42-39-32-12-6-14-35-37(32)38-33(40(39)45-41)13-7-15-36(38)44-35/h1-24H.